The van der Waals surface area contributed by atoms with Crippen LogP contribution in [0.4, 0.5) is 13.2 Å². The van der Waals surface area contributed by atoms with E-state index in [9.17, 15) is 18.0 Å². The molecule has 0 bridgehead atoms. The Bertz CT molecular complexity index is 1190. The third-order valence-electron chi connectivity index (χ3n) is 4.67. The summed E-state index contributed by atoms with van der Waals surface area (Å²) in [5.74, 6) is -0.578. The van der Waals surface area contributed by atoms with Crippen molar-refractivity contribution in [1.29, 1.82) is 0 Å². The first-order valence-electron chi connectivity index (χ1n) is 9.22. The molecule has 8 heteroatoms. The number of amides is 1. The summed E-state index contributed by atoms with van der Waals surface area (Å²) in [5.41, 5.74) is 0.370. The number of carbonyl (C=O) groups excluding carboxylic acids is 1. The summed E-state index contributed by atoms with van der Waals surface area (Å²) in [5, 5.41) is 6.64. The predicted octanol–water partition coefficient (Wildman–Crippen LogP) is 4.91. The van der Waals surface area contributed by atoms with Gasteiger partial charge in [0.15, 0.2) is 17.0 Å². The third-order valence-corrected chi connectivity index (χ3v) is 4.67. The second-order valence-corrected chi connectivity index (χ2v) is 6.80. The van der Waals surface area contributed by atoms with E-state index in [0.29, 0.717) is 10.1 Å². The molecule has 2 aromatic carbocycles. The molecule has 0 saturated heterocycles. The minimum atomic E-state index is -4.66. The Kier molecular flexibility index (Phi) is 4.99. The van der Waals surface area contributed by atoms with E-state index in [1.54, 1.807) is 37.3 Å². The van der Waals surface area contributed by atoms with E-state index in [2.05, 4.69) is 15.4 Å². The minimum absolute atomic E-state index is 0.0545. The predicted molar refractivity (Wildman–Crippen MR) is 106 cm³/mol. The molecule has 0 aliphatic carbocycles. The first-order valence-corrected chi connectivity index (χ1v) is 9.22. The molecule has 5 nitrogen and oxygen atoms in total. The molecule has 0 spiro atoms. The number of fused-ring (bicyclic) bond motifs is 1. The molecule has 1 unspecified atom stereocenters. The summed E-state index contributed by atoms with van der Waals surface area (Å²) in [7, 11) is 0. The summed E-state index contributed by atoms with van der Waals surface area (Å²) in [6.07, 6.45) is -4.66. The number of hydrogen-bond donors (Lipinski definition) is 1. The van der Waals surface area contributed by atoms with Crippen LogP contribution in [0.25, 0.3) is 16.9 Å². The standard InChI is InChI=1S/C22H17F3N4O/c1-14(15-8-4-2-5-9-15)26-21(30)18-13-20-27-17(16-10-6-3-7-11-16)12-19(22(23,24)25)29(20)28-18/h2-14H,1H3,(H,26,30). The molecule has 4 aromatic rings. The molecule has 2 heterocycles. The fourth-order valence-corrected chi connectivity index (χ4v) is 3.14. The van der Waals surface area contributed by atoms with Gasteiger partial charge in [-0.25, -0.2) is 9.50 Å². The van der Waals surface area contributed by atoms with Crippen LogP contribution < -0.4 is 5.32 Å². The van der Waals surface area contributed by atoms with Gasteiger partial charge in [-0.05, 0) is 18.6 Å². The zero-order valence-corrected chi connectivity index (χ0v) is 15.9. The Labute approximate surface area is 170 Å². The Balaban J connectivity index is 1.73. The third kappa shape index (κ3) is 3.89. The molecule has 0 saturated carbocycles. The van der Waals surface area contributed by atoms with Gasteiger partial charge in [-0.1, -0.05) is 60.7 Å². The summed E-state index contributed by atoms with van der Waals surface area (Å²) in [4.78, 5) is 16.9. The zero-order chi connectivity index (χ0) is 21.3. The van der Waals surface area contributed by atoms with E-state index >= 15 is 0 Å². The van der Waals surface area contributed by atoms with E-state index in [-0.39, 0.29) is 23.1 Å². The highest BCUT2D eigenvalue weighted by Crippen LogP contribution is 2.32. The molecular formula is C22H17F3N4O. The van der Waals surface area contributed by atoms with Crippen LogP contribution >= 0.6 is 0 Å². The van der Waals surface area contributed by atoms with Gasteiger partial charge in [0.2, 0.25) is 0 Å². The Morgan fingerprint density at radius 1 is 1.00 bits per heavy atom. The molecule has 1 atom stereocenters. The van der Waals surface area contributed by atoms with Crippen LogP contribution in [0.15, 0.2) is 72.8 Å². The summed E-state index contributed by atoms with van der Waals surface area (Å²) < 4.78 is 41.7. The van der Waals surface area contributed by atoms with Crippen LogP contribution in [0.2, 0.25) is 0 Å². The number of carbonyl (C=O) groups is 1. The monoisotopic (exact) mass is 410 g/mol. The van der Waals surface area contributed by atoms with E-state index < -0.39 is 17.8 Å². The SMILES string of the molecule is CC(NC(=O)c1cc2nc(-c3ccccc3)cc(C(F)(F)F)n2n1)c1ccccc1. The molecule has 0 fully saturated rings. The number of rotatable bonds is 4. The summed E-state index contributed by atoms with van der Waals surface area (Å²) in [6, 6.07) is 19.6. The molecular weight excluding hydrogens is 393 g/mol. The molecule has 30 heavy (non-hydrogen) atoms. The van der Waals surface area contributed by atoms with Crippen molar-refractivity contribution in [2.45, 2.75) is 19.1 Å². The second-order valence-electron chi connectivity index (χ2n) is 6.80. The highest BCUT2D eigenvalue weighted by Gasteiger charge is 2.35. The van der Waals surface area contributed by atoms with Crippen LogP contribution in [0.3, 0.4) is 0 Å². The summed E-state index contributed by atoms with van der Waals surface area (Å²) >= 11 is 0. The van der Waals surface area contributed by atoms with Crippen molar-refractivity contribution in [2.75, 3.05) is 0 Å². The van der Waals surface area contributed by atoms with Gasteiger partial charge in [0.1, 0.15) is 0 Å². The van der Waals surface area contributed by atoms with Crippen molar-refractivity contribution in [3.63, 3.8) is 0 Å². The van der Waals surface area contributed by atoms with Crippen molar-refractivity contribution in [2.24, 2.45) is 0 Å². The number of aromatic nitrogens is 3. The molecule has 0 aliphatic rings. The smallest absolute Gasteiger partial charge is 0.344 e. The average Bonchev–Trinajstić information content (AvgIpc) is 3.18. The number of nitrogens with zero attached hydrogens (tertiary/aromatic N) is 3. The minimum Gasteiger partial charge on any atom is -0.344 e. The molecule has 0 aliphatic heterocycles. The van der Waals surface area contributed by atoms with Crippen molar-refractivity contribution in [3.8, 4) is 11.3 Å². The first-order chi connectivity index (χ1) is 14.3. The maximum absolute atomic E-state index is 13.7. The van der Waals surface area contributed by atoms with Gasteiger partial charge in [-0.3, -0.25) is 4.79 Å². The maximum Gasteiger partial charge on any atom is 0.433 e. The van der Waals surface area contributed by atoms with E-state index in [1.165, 1.54) is 6.07 Å². The van der Waals surface area contributed by atoms with Crippen molar-refractivity contribution >= 4 is 11.6 Å². The topological polar surface area (TPSA) is 59.3 Å². The van der Waals surface area contributed by atoms with Crippen LogP contribution in [-0.2, 0) is 6.18 Å². The second kappa shape index (κ2) is 7.62. The molecule has 0 radical (unpaired) electrons. The largest absolute Gasteiger partial charge is 0.433 e. The lowest BCUT2D eigenvalue weighted by Gasteiger charge is -2.13. The zero-order valence-electron chi connectivity index (χ0n) is 15.9. The average molecular weight is 410 g/mol. The van der Waals surface area contributed by atoms with E-state index in [0.717, 1.165) is 11.6 Å². The van der Waals surface area contributed by atoms with E-state index in [1.807, 2.05) is 30.3 Å². The highest BCUT2D eigenvalue weighted by atomic mass is 19.4. The quantitative estimate of drug-likeness (QED) is 0.520. The number of hydrogen-bond acceptors (Lipinski definition) is 3. The molecule has 1 amide bonds. The number of benzene rings is 2. The van der Waals surface area contributed by atoms with E-state index in [4.69, 9.17) is 0 Å². The van der Waals surface area contributed by atoms with Gasteiger partial charge < -0.3 is 5.32 Å². The Morgan fingerprint density at radius 3 is 2.27 bits per heavy atom. The van der Waals surface area contributed by atoms with Gasteiger partial charge in [0, 0.05) is 11.6 Å². The highest BCUT2D eigenvalue weighted by molar-refractivity contribution is 5.93. The van der Waals surface area contributed by atoms with Gasteiger partial charge in [0.05, 0.1) is 11.7 Å². The lowest BCUT2D eigenvalue weighted by atomic mass is 10.1. The van der Waals surface area contributed by atoms with Crippen LogP contribution in [0.5, 0.6) is 0 Å². The lowest BCUT2D eigenvalue weighted by Crippen LogP contribution is -2.27. The lowest BCUT2D eigenvalue weighted by molar-refractivity contribution is -0.142. The molecule has 4 rings (SSSR count). The molecule has 2 aromatic heterocycles. The van der Waals surface area contributed by atoms with Gasteiger partial charge in [0.25, 0.3) is 5.91 Å². The maximum atomic E-state index is 13.7. The number of alkyl halides is 3. The Morgan fingerprint density at radius 2 is 1.63 bits per heavy atom. The van der Waals surface area contributed by atoms with Crippen molar-refractivity contribution in [3.05, 3.63) is 89.7 Å². The Hall–Kier alpha value is -3.68. The van der Waals surface area contributed by atoms with Gasteiger partial charge in [-0.2, -0.15) is 18.3 Å². The van der Waals surface area contributed by atoms with Crippen LogP contribution in [0, 0.1) is 0 Å². The fraction of sp³-hybridized carbons (Fsp3) is 0.136. The molecule has 1 N–H and O–H groups in total. The fourth-order valence-electron chi connectivity index (χ4n) is 3.14. The first kappa shape index (κ1) is 19.6. The van der Waals surface area contributed by atoms with Crippen molar-refractivity contribution < 1.29 is 18.0 Å². The number of halogens is 3. The van der Waals surface area contributed by atoms with Crippen molar-refractivity contribution in [1.82, 2.24) is 19.9 Å². The van der Waals surface area contributed by atoms with Gasteiger partial charge >= 0.3 is 6.18 Å². The molecule has 152 valence electrons. The van der Waals surface area contributed by atoms with Gasteiger partial charge in [-0.15, -0.1) is 0 Å². The van der Waals surface area contributed by atoms with Crippen LogP contribution in [-0.4, -0.2) is 20.5 Å². The normalized spacial score (nSPS) is 12.7. The summed E-state index contributed by atoms with van der Waals surface area (Å²) in [6.45, 7) is 1.79. The van der Waals surface area contributed by atoms with Crippen LogP contribution in [0.1, 0.15) is 34.7 Å². The number of nitrogens with one attached hydrogen (secondary N) is 1.